The van der Waals surface area contributed by atoms with Crippen LogP contribution in [0.1, 0.15) is 33.3 Å². The van der Waals surface area contributed by atoms with Crippen molar-refractivity contribution in [2.75, 3.05) is 19.5 Å². The Bertz CT molecular complexity index is 962. The van der Waals surface area contributed by atoms with Gasteiger partial charge < -0.3 is 19.9 Å². The number of anilines is 1. The lowest BCUT2D eigenvalue weighted by molar-refractivity contribution is -0.138. The van der Waals surface area contributed by atoms with Crippen LogP contribution in [-0.2, 0) is 20.9 Å². The minimum atomic E-state index is -0.648. The molecule has 0 fully saturated rings. The molecule has 146 valence electrons. The minimum Gasteiger partial charge on any atom is -0.496 e. The molecule has 9 heteroatoms. The average molecular weight is 465 g/mol. The number of nitriles is 1. The normalized spacial score (nSPS) is 10.5. The number of carbonyl (C=O) groups is 2. The van der Waals surface area contributed by atoms with Gasteiger partial charge in [0, 0.05) is 21.7 Å². The summed E-state index contributed by atoms with van der Waals surface area (Å²) >= 11 is 4.29. The molecule has 2 N–H and O–H groups in total. The fraction of sp³-hybridized carbons (Fsp3) is 0.211. The maximum atomic E-state index is 12.1. The Balaban J connectivity index is 2.16. The molecule has 28 heavy (non-hydrogen) atoms. The van der Waals surface area contributed by atoms with Crippen LogP contribution in [0.25, 0.3) is 6.08 Å². The summed E-state index contributed by atoms with van der Waals surface area (Å²) in [5.74, 6) is -0.666. The number of thiophene rings is 1. The first-order valence-electron chi connectivity index (χ1n) is 8.08. The van der Waals surface area contributed by atoms with Crippen molar-refractivity contribution in [3.63, 3.8) is 0 Å². The summed E-state index contributed by atoms with van der Waals surface area (Å²) in [4.78, 5) is 24.3. The Labute approximate surface area is 174 Å². The van der Waals surface area contributed by atoms with Crippen LogP contribution in [0.4, 0.5) is 5.00 Å². The van der Waals surface area contributed by atoms with Gasteiger partial charge in [-0.3, -0.25) is 0 Å². The van der Waals surface area contributed by atoms with Crippen molar-refractivity contribution in [3.8, 4) is 11.8 Å². The van der Waals surface area contributed by atoms with Gasteiger partial charge in [-0.2, -0.15) is 5.26 Å². The Morgan fingerprint density at radius 3 is 2.75 bits per heavy atom. The van der Waals surface area contributed by atoms with E-state index in [1.54, 1.807) is 25.1 Å². The first-order valence-corrected chi connectivity index (χ1v) is 9.68. The fourth-order valence-corrected chi connectivity index (χ4v) is 3.59. The van der Waals surface area contributed by atoms with Crippen LogP contribution in [0.5, 0.6) is 5.75 Å². The molecular weight excluding hydrogens is 448 g/mol. The van der Waals surface area contributed by atoms with Crippen LogP contribution in [0.2, 0.25) is 0 Å². The van der Waals surface area contributed by atoms with Crippen LogP contribution in [0.15, 0.2) is 28.7 Å². The van der Waals surface area contributed by atoms with Crippen LogP contribution in [0, 0.1) is 11.3 Å². The van der Waals surface area contributed by atoms with Crippen LogP contribution in [0.3, 0.4) is 0 Å². The van der Waals surface area contributed by atoms with E-state index in [1.165, 1.54) is 13.2 Å². The highest BCUT2D eigenvalue weighted by atomic mass is 79.9. The summed E-state index contributed by atoms with van der Waals surface area (Å²) < 4.78 is 16.2. The van der Waals surface area contributed by atoms with E-state index in [9.17, 15) is 14.9 Å². The highest BCUT2D eigenvalue weighted by molar-refractivity contribution is 9.10. The molecule has 1 aromatic carbocycles. The van der Waals surface area contributed by atoms with Gasteiger partial charge in [0.2, 0.25) is 0 Å². The maximum absolute atomic E-state index is 12.1. The number of nitrogen functional groups attached to an aromatic ring is 1. The summed E-state index contributed by atoms with van der Waals surface area (Å²) in [5, 5.41) is 9.45. The standard InChI is InChI=1S/C19H17BrN2O5S/c1-3-26-19(24)17-14(13(9-21)18(22)28-17)10-27-16(23)7-4-11-8-12(20)5-6-15(11)25-2/h4-8H,3,10,22H2,1-2H3/b7-4+. The summed E-state index contributed by atoms with van der Waals surface area (Å²) in [6, 6.07) is 7.29. The Morgan fingerprint density at radius 2 is 2.11 bits per heavy atom. The summed E-state index contributed by atoms with van der Waals surface area (Å²) in [6.07, 6.45) is 2.78. The lowest BCUT2D eigenvalue weighted by Crippen LogP contribution is -2.08. The van der Waals surface area contributed by atoms with Crippen molar-refractivity contribution >= 4 is 50.3 Å². The molecule has 0 bridgehead atoms. The molecule has 0 amide bonds. The van der Waals surface area contributed by atoms with Gasteiger partial charge in [-0.1, -0.05) is 15.9 Å². The number of benzene rings is 1. The third kappa shape index (κ3) is 5.12. The molecule has 0 unspecified atom stereocenters. The highest BCUT2D eigenvalue weighted by Crippen LogP contribution is 2.32. The number of hydrogen-bond acceptors (Lipinski definition) is 8. The average Bonchev–Trinajstić information content (AvgIpc) is 3.00. The SMILES string of the molecule is CCOC(=O)c1sc(N)c(C#N)c1COC(=O)/C=C/c1cc(Br)ccc1OC. The van der Waals surface area contributed by atoms with Gasteiger partial charge in [-0.15, -0.1) is 11.3 Å². The minimum absolute atomic E-state index is 0.110. The van der Waals surface area contributed by atoms with Crippen molar-refractivity contribution in [2.45, 2.75) is 13.5 Å². The molecule has 0 aliphatic carbocycles. The van der Waals surface area contributed by atoms with Gasteiger partial charge in [0.15, 0.2) is 0 Å². The van der Waals surface area contributed by atoms with Crippen LogP contribution >= 0.6 is 27.3 Å². The first kappa shape index (κ1) is 21.5. The second kappa shape index (κ2) is 9.92. The molecular formula is C19H17BrN2O5S. The third-order valence-corrected chi connectivity index (χ3v) is 5.09. The number of hydrogen-bond donors (Lipinski definition) is 1. The van der Waals surface area contributed by atoms with Gasteiger partial charge in [0.25, 0.3) is 0 Å². The van der Waals surface area contributed by atoms with Gasteiger partial charge >= 0.3 is 11.9 Å². The fourth-order valence-electron chi connectivity index (χ4n) is 2.29. The second-order valence-electron chi connectivity index (χ2n) is 5.31. The van der Waals surface area contributed by atoms with E-state index in [0.717, 1.165) is 15.8 Å². The van der Waals surface area contributed by atoms with Gasteiger partial charge in [0.05, 0.1) is 19.3 Å². The van der Waals surface area contributed by atoms with Crippen molar-refractivity contribution in [2.24, 2.45) is 0 Å². The topological polar surface area (TPSA) is 112 Å². The van der Waals surface area contributed by atoms with Crippen molar-refractivity contribution < 1.29 is 23.8 Å². The summed E-state index contributed by atoms with van der Waals surface area (Å²) in [6.45, 7) is 1.57. The van der Waals surface area contributed by atoms with Gasteiger partial charge in [-0.25, -0.2) is 9.59 Å². The van der Waals surface area contributed by atoms with E-state index in [-0.39, 0.29) is 34.2 Å². The van der Waals surface area contributed by atoms with E-state index < -0.39 is 11.9 Å². The van der Waals surface area contributed by atoms with Crippen molar-refractivity contribution in [1.82, 2.24) is 0 Å². The second-order valence-corrected chi connectivity index (χ2v) is 7.28. The molecule has 0 aliphatic rings. The highest BCUT2D eigenvalue weighted by Gasteiger charge is 2.23. The molecule has 0 aliphatic heterocycles. The molecule has 1 aromatic heterocycles. The number of esters is 2. The summed E-state index contributed by atoms with van der Waals surface area (Å²) in [7, 11) is 1.53. The Kier molecular flexibility index (Phi) is 7.61. The molecule has 0 radical (unpaired) electrons. The zero-order valence-electron chi connectivity index (χ0n) is 15.2. The molecule has 0 atom stereocenters. The Hall–Kier alpha value is -2.83. The number of nitrogens with two attached hydrogens (primary N) is 1. The quantitative estimate of drug-likeness (QED) is 0.488. The largest absolute Gasteiger partial charge is 0.496 e. The van der Waals surface area contributed by atoms with E-state index in [1.807, 2.05) is 12.1 Å². The predicted octanol–water partition coefficient (Wildman–Crippen LogP) is 3.91. The lowest BCUT2D eigenvalue weighted by atomic mass is 10.1. The molecule has 7 nitrogen and oxygen atoms in total. The van der Waals surface area contributed by atoms with Gasteiger partial charge in [-0.05, 0) is 31.2 Å². The predicted molar refractivity (Wildman–Crippen MR) is 109 cm³/mol. The third-order valence-electron chi connectivity index (χ3n) is 3.56. The van der Waals surface area contributed by atoms with E-state index >= 15 is 0 Å². The number of methoxy groups -OCH3 is 1. The van der Waals surface area contributed by atoms with Gasteiger partial charge in [0.1, 0.15) is 28.3 Å². The van der Waals surface area contributed by atoms with Crippen molar-refractivity contribution in [3.05, 3.63) is 50.3 Å². The summed E-state index contributed by atoms with van der Waals surface area (Å²) in [5.41, 5.74) is 6.82. The van der Waals surface area contributed by atoms with Crippen LogP contribution in [-0.4, -0.2) is 25.7 Å². The van der Waals surface area contributed by atoms with Crippen molar-refractivity contribution in [1.29, 1.82) is 5.26 Å². The van der Waals surface area contributed by atoms with E-state index in [2.05, 4.69) is 15.9 Å². The van der Waals surface area contributed by atoms with E-state index in [4.69, 9.17) is 19.9 Å². The molecule has 1 heterocycles. The monoisotopic (exact) mass is 464 g/mol. The number of carbonyl (C=O) groups excluding carboxylic acids is 2. The zero-order chi connectivity index (χ0) is 20.7. The van der Waals surface area contributed by atoms with E-state index in [0.29, 0.717) is 11.3 Å². The molecule has 2 rings (SSSR count). The molecule has 0 spiro atoms. The Morgan fingerprint density at radius 1 is 1.36 bits per heavy atom. The molecule has 0 saturated heterocycles. The smallest absolute Gasteiger partial charge is 0.348 e. The van der Waals surface area contributed by atoms with Crippen LogP contribution < -0.4 is 10.5 Å². The number of ether oxygens (including phenoxy) is 3. The lowest BCUT2D eigenvalue weighted by Gasteiger charge is -2.06. The first-order chi connectivity index (χ1) is 13.4. The number of rotatable bonds is 7. The molecule has 2 aromatic rings. The number of halogens is 1. The maximum Gasteiger partial charge on any atom is 0.348 e. The number of nitrogens with zero attached hydrogens (tertiary/aromatic N) is 1. The molecule has 0 saturated carbocycles. The zero-order valence-corrected chi connectivity index (χ0v) is 17.6.